The van der Waals surface area contributed by atoms with Crippen molar-refractivity contribution in [2.75, 3.05) is 29.9 Å². The Balaban J connectivity index is 1.30. The minimum absolute atomic E-state index is 0.0762. The van der Waals surface area contributed by atoms with Crippen molar-refractivity contribution in [1.82, 2.24) is 9.97 Å². The Labute approximate surface area is 198 Å². The number of hydrogen-bond acceptors (Lipinski definition) is 8. The van der Waals surface area contributed by atoms with Crippen molar-refractivity contribution in [1.29, 1.82) is 0 Å². The van der Waals surface area contributed by atoms with Gasteiger partial charge >= 0.3 is 12.6 Å². The van der Waals surface area contributed by atoms with Crippen LogP contribution in [0.4, 0.5) is 20.3 Å². The highest BCUT2D eigenvalue weighted by Crippen LogP contribution is 2.35. The molecule has 3 heterocycles. The first-order valence-electron chi connectivity index (χ1n) is 10.8. The number of esters is 1. The molecule has 180 valence electrons. The number of rotatable bonds is 7. The minimum Gasteiger partial charge on any atom is -0.455 e. The fourth-order valence-corrected chi connectivity index (χ4v) is 4.93. The van der Waals surface area contributed by atoms with Gasteiger partial charge in [0.05, 0.1) is 17.0 Å². The summed E-state index contributed by atoms with van der Waals surface area (Å²) in [5.41, 5.74) is 1.25. The van der Waals surface area contributed by atoms with Crippen LogP contribution in [0.2, 0.25) is 0 Å². The number of ether oxygens (including phenoxy) is 2. The molecule has 1 aromatic carbocycles. The first-order chi connectivity index (χ1) is 16.3. The predicted octanol–water partition coefficient (Wildman–Crippen LogP) is 4.31. The lowest BCUT2D eigenvalue weighted by molar-refractivity contribution is -0.152. The average Bonchev–Trinajstić information content (AvgIpc) is 3.12. The number of hydrogen-bond donors (Lipinski definition) is 1. The van der Waals surface area contributed by atoms with Crippen LogP contribution in [-0.4, -0.2) is 48.2 Å². The van der Waals surface area contributed by atoms with Crippen molar-refractivity contribution in [3.8, 4) is 5.75 Å². The minimum atomic E-state index is -3.02. The number of halogens is 2. The summed E-state index contributed by atoms with van der Waals surface area (Å²) < 4.78 is 34.6. The topological polar surface area (TPSA) is 93.7 Å². The maximum atomic E-state index is 12.5. The van der Waals surface area contributed by atoms with E-state index >= 15 is 0 Å². The normalized spacial score (nSPS) is 14.4. The molecule has 4 rings (SSSR count). The number of carbonyl (C=O) groups excluding carboxylic acids is 2. The van der Waals surface area contributed by atoms with Crippen molar-refractivity contribution in [3.63, 3.8) is 0 Å². The molecule has 0 bridgehead atoms. The van der Waals surface area contributed by atoms with Crippen LogP contribution in [-0.2, 0) is 14.3 Å². The number of piperidine rings is 1. The summed E-state index contributed by atoms with van der Waals surface area (Å²) >= 11 is 1.64. The van der Waals surface area contributed by atoms with Crippen molar-refractivity contribution < 1.29 is 27.8 Å². The van der Waals surface area contributed by atoms with Crippen LogP contribution in [0.15, 0.2) is 30.6 Å². The van der Waals surface area contributed by atoms with Crippen molar-refractivity contribution in [2.24, 2.45) is 5.92 Å². The number of nitrogens with one attached hydrogen (secondary N) is 1. The van der Waals surface area contributed by atoms with Gasteiger partial charge in [-0.15, -0.1) is 11.3 Å². The van der Waals surface area contributed by atoms with Crippen LogP contribution in [0, 0.1) is 19.8 Å². The molecular weight excluding hydrogens is 466 g/mol. The third-order valence-electron chi connectivity index (χ3n) is 5.80. The number of anilines is 2. The van der Waals surface area contributed by atoms with E-state index in [0.29, 0.717) is 25.9 Å². The molecule has 0 unspecified atom stereocenters. The van der Waals surface area contributed by atoms with Gasteiger partial charge < -0.3 is 19.7 Å². The summed E-state index contributed by atoms with van der Waals surface area (Å²) in [6, 6.07) is 5.81. The quantitative estimate of drug-likeness (QED) is 0.494. The molecule has 2 aromatic heterocycles. The van der Waals surface area contributed by atoms with E-state index in [2.05, 4.69) is 38.8 Å². The number of aromatic nitrogens is 2. The van der Waals surface area contributed by atoms with Gasteiger partial charge in [-0.05, 0) is 44.4 Å². The van der Waals surface area contributed by atoms with E-state index < -0.39 is 25.1 Å². The van der Waals surface area contributed by atoms with Crippen LogP contribution < -0.4 is 15.0 Å². The van der Waals surface area contributed by atoms with Gasteiger partial charge in [-0.2, -0.15) is 8.78 Å². The van der Waals surface area contributed by atoms with Crippen LogP contribution >= 0.6 is 11.3 Å². The summed E-state index contributed by atoms with van der Waals surface area (Å²) in [5, 5.41) is 3.49. The lowest BCUT2D eigenvalue weighted by Gasteiger charge is -2.32. The van der Waals surface area contributed by atoms with Crippen molar-refractivity contribution in [2.45, 2.75) is 33.3 Å². The smallest absolute Gasteiger partial charge is 0.387 e. The molecule has 1 amide bonds. The second-order valence-electron chi connectivity index (χ2n) is 7.95. The van der Waals surface area contributed by atoms with E-state index in [-0.39, 0.29) is 17.4 Å². The van der Waals surface area contributed by atoms with Gasteiger partial charge in [0, 0.05) is 18.0 Å². The lowest BCUT2D eigenvalue weighted by Crippen LogP contribution is -2.38. The summed E-state index contributed by atoms with van der Waals surface area (Å²) in [7, 11) is 0. The van der Waals surface area contributed by atoms with E-state index in [9.17, 15) is 18.4 Å². The molecule has 0 saturated carbocycles. The molecule has 11 heteroatoms. The highest BCUT2D eigenvalue weighted by atomic mass is 32.1. The highest BCUT2D eigenvalue weighted by molar-refractivity contribution is 7.18. The van der Waals surface area contributed by atoms with Gasteiger partial charge in [0.1, 0.15) is 22.7 Å². The highest BCUT2D eigenvalue weighted by Gasteiger charge is 2.29. The number of nitrogens with zero attached hydrogens (tertiary/aromatic N) is 3. The molecule has 1 aliphatic heterocycles. The molecule has 1 aliphatic rings. The fraction of sp³-hybridized carbons (Fsp3) is 0.391. The summed E-state index contributed by atoms with van der Waals surface area (Å²) in [5.74, 6) is -0.714. The molecule has 1 N–H and O–H groups in total. The zero-order valence-corrected chi connectivity index (χ0v) is 19.5. The van der Waals surface area contributed by atoms with E-state index in [4.69, 9.17) is 4.74 Å². The van der Waals surface area contributed by atoms with Crippen LogP contribution in [0.3, 0.4) is 0 Å². The second kappa shape index (κ2) is 10.3. The van der Waals surface area contributed by atoms with Gasteiger partial charge in [-0.1, -0.05) is 12.1 Å². The zero-order chi connectivity index (χ0) is 24.2. The van der Waals surface area contributed by atoms with Crippen LogP contribution in [0.1, 0.15) is 23.3 Å². The maximum Gasteiger partial charge on any atom is 0.387 e. The molecule has 0 spiro atoms. The Hall–Kier alpha value is -3.34. The Morgan fingerprint density at radius 2 is 1.94 bits per heavy atom. The zero-order valence-electron chi connectivity index (χ0n) is 18.7. The molecule has 34 heavy (non-hydrogen) atoms. The predicted molar refractivity (Wildman–Crippen MR) is 124 cm³/mol. The Kier molecular flexibility index (Phi) is 7.20. The largest absolute Gasteiger partial charge is 0.455 e. The van der Waals surface area contributed by atoms with E-state index in [1.54, 1.807) is 23.7 Å². The molecule has 3 aromatic rings. The fourth-order valence-electron chi connectivity index (χ4n) is 3.94. The van der Waals surface area contributed by atoms with E-state index in [0.717, 1.165) is 16.0 Å². The summed E-state index contributed by atoms with van der Waals surface area (Å²) in [6.07, 6.45) is 2.70. The maximum absolute atomic E-state index is 12.5. The average molecular weight is 491 g/mol. The lowest BCUT2D eigenvalue weighted by atomic mass is 9.97. The van der Waals surface area contributed by atoms with E-state index in [1.165, 1.54) is 28.6 Å². The van der Waals surface area contributed by atoms with Crippen LogP contribution in [0.25, 0.3) is 10.2 Å². The Bertz CT molecular complexity index is 1190. The van der Waals surface area contributed by atoms with Crippen molar-refractivity contribution in [3.05, 3.63) is 41.0 Å². The van der Waals surface area contributed by atoms with Gasteiger partial charge in [-0.25, -0.2) is 9.97 Å². The molecule has 1 fully saturated rings. The van der Waals surface area contributed by atoms with Gasteiger partial charge in [0.25, 0.3) is 5.91 Å². The first kappa shape index (κ1) is 23.8. The number of amides is 1. The number of aryl methyl sites for hydroxylation is 2. The third kappa shape index (κ3) is 5.24. The molecular formula is C23H24F2N4O4S. The van der Waals surface area contributed by atoms with Crippen molar-refractivity contribution >= 4 is 44.9 Å². The summed E-state index contributed by atoms with van der Waals surface area (Å²) in [6.45, 7) is 1.85. The standard InChI is InChI=1S/C23H24F2N4O4S/c1-13-14(2)34-21-19(13)20(26-12-27-21)29-9-7-15(8-10-29)22(31)32-11-18(30)28-16-5-3-4-6-17(16)33-23(24)25/h3-6,12,15,23H,7-11H2,1-2H3,(H,28,30). The number of alkyl halides is 2. The van der Waals surface area contributed by atoms with E-state index in [1.807, 2.05) is 0 Å². The summed E-state index contributed by atoms with van der Waals surface area (Å²) in [4.78, 5) is 37.9. The molecule has 1 saturated heterocycles. The molecule has 0 aliphatic carbocycles. The monoisotopic (exact) mass is 490 g/mol. The first-order valence-corrected chi connectivity index (χ1v) is 11.6. The SMILES string of the molecule is Cc1sc2ncnc(N3CCC(C(=O)OCC(=O)Nc4ccccc4OC(F)F)CC3)c2c1C. The molecule has 0 atom stereocenters. The number of benzene rings is 1. The Morgan fingerprint density at radius 3 is 2.68 bits per heavy atom. The number of para-hydroxylation sites is 2. The second-order valence-corrected chi connectivity index (χ2v) is 9.16. The molecule has 0 radical (unpaired) electrons. The van der Waals surface area contributed by atoms with Gasteiger partial charge in [0.15, 0.2) is 6.61 Å². The number of carbonyl (C=O) groups is 2. The number of thiophene rings is 1. The molecule has 8 nitrogen and oxygen atoms in total. The van der Waals surface area contributed by atoms with Crippen LogP contribution in [0.5, 0.6) is 5.75 Å². The Morgan fingerprint density at radius 1 is 1.21 bits per heavy atom. The number of fused-ring (bicyclic) bond motifs is 1. The van der Waals surface area contributed by atoms with Gasteiger partial charge in [-0.3, -0.25) is 9.59 Å². The third-order valence-corrected chi connectivity index (χ3v) is 6.91. The van der Waals surface area contributed by atoms with Gasteiger partial charge in [0.2, 0.25) is 0 Å².